The molecule has 4 heteroatoms. The van der Waals surface area contributed by atoms with Gasteiger partial charge >= 0.3 is 0 Å². The Morgan fingerprint density at radius 3 is 1.10 bits per heavy atom. The zero-order chi connectivity index (χ0) is 53.1. The molecular weight excluding hydrogens is 957 g/mol. The summed E-state index contributed by atoms with van der Waals surface area (Å²) in [5, 5.41) is 2.34. The Kier molecular flexibility index (Phi) is 12.9. The minimum Gasteiger partial charge on any atom is -0.308 e. The second-order valence-corrected chi connectivity index (χ2v) is 19.7. The van der Waals surface area contributed by atoms with E-state index in [2.05, 4.69) is 279 Å². The van der Waals surface area contributed by atoms with Crippen LogP contribution in [0.4, 0.5) is 0 Å². The van der Waals surface area contributed by atoms with Crippen LogP contribution in [0.1, 0.15) is 5.56 Å². The summed E-state index contributed by atoms with van der Waals surface area (Å²) < 4.78 is 2.48. The van der Waals surface area contributed by atoms with E-state index in [-0.39, 0.29) is 0 Å². The molecule has 0 aliphatic carbocycles. The van der Waals surface area contributed by atoms with Gasteiger partial charge in [-0.15, -0.1) is 0 Å². The van der Waals surface area contributed by atoms with E-state index in [0.29, 0.717) is 17.5 Å². The summed E-state index contributed by atoms with van der Waals surface area (Å²) in [7, 11) is 0. The highest BCUT2D eigenvalue weighted by molar-refractivity contribution is 6.13. The average Bonchev–Trinajstić information content (AvgIpc) is 3.97. The highest BCUT2D eigenvalue weighted by Crippen LogP contribution is 2.45. The van der Waals surface area contributed by atoms with Crippen LogP contribution in [0.15, 0.2) is 304 Å². The van der Waals surface area contributed by atoms with Gasteiger partial charge in [0.25, 0.3) is 0 Å². The van der Waals surface area contributed by atoms with Crippen molar-refractivity contribution in [2.45, 2.75) is 0 Å². The predicted octanol–water partition coefficient (Wildman–Crippen LogP) is 19.7. The van der Waals surface area contributed by atoms with Gasteiger partial charge in [0.15, 0.2) is 17.5 Å². The van der Waals surface area contributed by atoms with Crippen molar-refractivity contribution < 1.29 is 0 Å². The lowest BCUT2D eigenvalue weighted by atomic mass is 9.92. The maximum atomic E-state index is 5.51. The molecule has 0 amide bonds. The molecule has 372 valence electrons. The van der Waals surface area contributed by atoms with Crippen LogP contribution in [0, 0.1) is 0 Å². The summed E-state index contributed by atoms with van der Waals surface area (Å²) in [4.78, 5) is 16.3. The highest BCUT2D eigenvalue weighted by Gasteiger charge is 2.24. The Balaban J connectivity index is 1.09. The van der Waals surface area contributed by atoms with Gasteiger partial charge in [0.05, 0.1) is 16.7 Å². The van der Waals surface area contributed by atoms with Gasteiger partial charge in [-0.25, -0.2) is 15.0 Å². The van der Waals surface area contributed by atoms with Crippen LogP contribution < -0.4 is 0 Å². The number of hydrogen-bond acceptors (Lipinski definition) is 3. The van der Waals surface area contributed by atoms with E-state index in [9.17, 15) is 0 Å². The van der Waals surface area contributed by atoms with Crippen LogP contribution >= 0.6 is 0 Å². The third-order valence-electron chi connectivity index (χ3n) is 14.7. The van der Waals surface area contributed by atoms with Crippen LogP contribution in [0.5, 0.6) is 0 Å². The number of nitrogens with zero attached hydrogens (tertiary/aromatic N) is 4. The molecule has 0 bridgehead atoms. The summed E-state index contributed by atoms with van der Waals surface area (Å²) in [5.41, 5.74) is 20.8. The molecule has 13 rings (SSSR count). The second-order valence-electron chi connectivity index (χ2n) is 19.7. The fourth-order valence-electron chi connectivity index (χ4n) is 10.8. The van der Waals surface area contributed by atoms with Crippen molar-refractivity contribution in [1.29, 1.82) is 0 Å². The minimum atomic E-state index is 0.545. The standard InChI is InChI=1S/C75H52N4/c1-3-4-23-51(2)62-44-63(55-30-17-8-18-31-55)46-64(45-62)74-76-73(59-38-36-56(37-39-59)52-24-11-5-12-25-52)77-75(78-74)65-49-66(57-32-19-9-20-33-57)72(67(50-65)58-34-21-10-22-35-58)79-70-42-40-60(53-26-13-6-14-27-53)47-68(70)69-48-61(41-43-71(69)79)54-28-15-7-16-29-54/h3-50H,1-2H2/b23-4-. The molecule has 79 heavy (non-hydrogen) atoms. The summed E-state index contributed by atoms with van der Waals surface area (Å²) in [6.45, 7) is 8.41. The molecule has 0 saturated heterocycles. The van der Waals surface area contributed by atoms with Crippen molar-refractivity contribution in [3.05, 3.63) is 310 Å². The van der Waals surface area contributed by atoms with Crippen molar-refractivity contribution >= 4 is 27.4 Å². The van der Waals surface area contributed by atoms with E-state index in [0.717, 1.165) is 100 Å². The molecule has 0 N–H and O–H groups in total. The zero-order valence-corrected chi connectivity index (χ0v) is 43.4. The molecule has 2 heterocycles. The van der Waals surface area contributed by atoms with E-state index in [1.165, 1.54) is 21.9 Å². The first-order valence-electron chi connectivity index (χ1n) is 26.6. The third kappa shape index (κ3) is 9.60. The van der Waals surface area contributed by atoms with Crippen molar-refractivity contribution in [1.82, 2.24) is 19.5 Å². The lowest BCUT2D eigenvalue weighted by Gasteiger charge is -2.21. The van der Waals surface area contributed by atoms with Gasteiger partial charge in [-0.2, -0.15) is 0 Å². The Bertz CT molecular complexity index is 4240. The number of hydrogen-bond donors (Lipinski definition) is 0. The summed E-state index contributed by atoms with van der Waals surface area (Å²) in [6, 6.07) is 97.0. The largest absolute Gasteiger partial charge is 0.308 e. The van der Waals surface area contributed by atoms with Crippen molar-refractivity contribution in [2.75, 3.05) is 0 Å². The van der Waals surface area contributed by atoms with E-state index < -0.39 is 0 Å². The van der Waals surface area contributed by atoms with E-state index in [4.69, 9.17) is 15.0 Å². The lowest BCUT2D eigenvalue weighted by Crippen LogP contribution is -2.04. The summed E-state index contributed by atoms with van der Waals surface area (Å²) >= 11 is 0. The van der Waals surface area contributed by atoms with Gasteiger partial charge in [-0.1, -0.05) is 250 Å². The van der Waals surface area contributed by atoms with Crippen LogP contribution in [0.2, 0.25) is 0 Å². The third-order valence-corrected chi connectivity index (χ3v) is 14.7. The molecule has 0 aliphatic heterocycles. The van der Waals surface area contributed by atoms with Gasteiger partial charge < -0.3 is 4.57 Å². The minimum absolute atomic E-state index is 0.545. The molecule has 0 fully saturated rings. The molecule has 0 aliphatic rings. The van der Waals surface area contributed by atoms with Crippen LogP contribution in [0.3, 0.4) is 0 Å². The quantitative estimate of drug-likeness (QED) is 0.108. The Labute approximate surface area is 461 Å². The first kappa shape index (κ1) is 48.1. The fraction of sp³-hybridized carbons (Fsp3) is 0. The lowest BCUT2D eigenvalue weighted by molar-refractivity contribution is 1.07. The molecule has 2 aromatic heterocycles. The van der Waals surface area contributed by atoms with Crippen molar-refractivity contribution in [2.24, 2.45) is 0 Å². The smallest absolute Gasteiger partial charge is 0.164 e. The Morgan fingerprint density at radius 2 is 0.658 bits per heavy atom. The van der Waals surface area contributed by atoms with Gasteiger partial charge in [0, 0.05) is 38.6 Å². The van der Waals surface area contributed by atoms with Crippen LogP contribution in [-0.4, -0.2) is 19.5 Å². The van der Waals surface area contributed by atoms with E-state index >= 15 is 0 Å². The molecule has 0 radical (unpaired) electrons. The molecule has 0 saturated carbocycles. The zero-order valence-electron chi connectivity index (χ0n) is 43.4. The number of aromatic nitrogens is 4. The SMILES string of the molecule is C=C/C=C\C(=C)c1cc(-c2ccccc2)cc(-c2nc(-c3ccc(-c4ccccc4)cc3)nc(-c3cc(-c4ccccc4)c(-n4c5ccc(-c6ccccc6)cc5c5cc(-c6ccccc6)ccc54)c(-c4ccccc4)c3)n2)c1. The van der Waals surface area contributed by atoms with Gasteiger partial charge in [0.2, 0.25) is 0 Å². The number of rotatable bonds is 13. The maximum absolute atomic E-state index is 5.51. The van der Waals surface area contributed by atoms with Crippen molar-refractivity contribution in [3.8, 4) is 107 Å². The van der Waals surface area contributed by atoms with Gasteiger partial charge in [-0.05, 0) is 121 Å². The average molecular weight is 1010 g/mol. The molecule has 0 unspecified atom stereocenters. The molecule has 4 nitrogen and oxygen atoms in total. The van der Waals surface area contributed by atoms with E-state index in [1.54, 1.807) is 6.08 Å². The summed E-state index contributed by atoms with van der Waals surface area (Å²) in [6.07, 6.45) is 5.67. The monoisotopic (exact) mass is 1010 g/mol. The van der Waals surface area contributed by atoms with E-state index in [1.807, 2.05) is 24.3 Å². The first-order chi connectivity index (χ1) is 39.0. The van der Waals surface area contributed by atoms with Gasteiger partial charge in [0.1, 0.15) is 0 Å². The molecule has 0 atom stereocenters. The number of allylic oxidation sites excluding steroid dienone is 4. The first-order valence-corrected chi connectivity index (χ1v) is 26.6. The maximum Gasteiger partial charge on any atom is 0.164 e. The topological polar surface area (TPSA) is 43.6 Å². The molecular formula is C75H52N4. The molecule has 11 aromatic carbocycles. The Hall–Kier alpha value is -10.6. The number of fused-ring (bicyclic) bond motifs is 3. The van der Waals surface area contributed by atoms with Crippen LogP contribution in [0.25, 0.3) is 134 Å². The molecule has 13 aromatic rings. The van der Waals surface area contributed by atoms with Gasteiger partial charge in [-0.3, -0.25) is 0 Å². The second kappa shape index (κ2) is 21.2. The Morgan fingerprint density at radius 1 is 0.316 bits per heavy atom. The number of benzene rings is 11. The van der Waals surface area contributed by atoms with Crippen LogP contribution in [-0.2, 0) is 0 Å². The fourth-order valence-corrected chi connectivity index (χ4v) is 10.8. The molecule has 0 spiro atoms. The highest BCUT2D eigenvalue weighted by atomic mass is 15.0. The predicted molar refractivity (Wildman–Crippen MR) is 331 cm³/mol. The van der Waals surface area contributed by atoms with Crippen molar-refractivity contribution in [3.63, 3.8) is 0 Å². The normalized spacial score (nSPS) is 11.3. The summed E-state index contributed by atoms with van der Waals surface area (Å²) in [5.74, 6) is 1.66.